The molecule has 2 fully saturated rings. The van der Waals surface area contributed by atoms with E-state index in [4.69, 9.17) is 37.4 Å². The second kappa shape index (κ2) is 16.5. The van der Waals surface area contributed by atoms with E-state index in [0.717, 1.165) is 35.5 Å². The van der Waals surface area contributed by atoms with Crippen molar-refractivity contribution in [1.82, 2.24) is 4.90 Å². The van der Waals surface area contributed by atoms with Crippen molar-refractivity contribution >= 4 is 44.9 Å². The van der Waals surface area contributed by atoms with E-state index in [2.05, 4.69) is 9.72 Å². The van der Waals surface area contributed by atoms with Crippen molar-refractivity contribution in [1.29, 1.82) is 0 Å². The van der Waals surface area contributed by atoms with Gasteiger partial charge in [-0.1, -0.05) is 29.3 Å². The highest BCUT2D eigenvalue weighted by atomic mass is 35.5. The van der Waals surface area contributed by atoms with Crippen LogP contribution < -0.4 is 18.8 Å². The van der Waals surface area contributed by atoms with E-state index in [1.807, 2.05) is 4.90 Å². The number of anilines is 1. The number of nitrogens with zero attached hydrogens (tertiary/aromatic N) is 2. The number of halogens is 7. The fraction of sp³-hybridized carbons (Fsp3) is 0.455. The third-order valence-corrected chi connectivity index (χ3v) is 10.2. The molecule has 3 aromatic rings. The molecule has 10 nitrogen and oxygen atoms in total. The Labute approximate surface area is 301 Å². The van der Waals surface area contributed by atoms with Gasteiger partial charge in [-0.15, -0.1) is 0 Å². The number of nitrogens with one attached hydrogen (secondary N) is 1. The molecule has 0 bridgehead atoms. The molecule has 51 heavy (non-hydrogen) atoms. The molecule has 18 heteroatoms. The van der Waals surface area contributed by atoms with Crippen LogP contribution in [0.15, 0.2) is 48.8 Å². The number of rotatable bonds is 15. The monoisotopic (exact) mass is 782 g/mol. The predicted octanol–water partition coefficient (Wildman–Crippen LogP) is 6.46. The number of alkyl halides is 5. The Balaban J connectivity index is 1.49. The van der Waals surface area contributed by atoms with Crippen LogP contribution in [0.25, 0.3) is 0 Å². The Bertz CT molecular complexity index is 1790. The Kier molecular flexibility index (Phi) is 12.5. The van der Waals surface area contributed by atoms with Crippen molar-refractivity contribution in [3.05, 3.63) is 81.1 Å². The maximum absolute atomic E-state index is 14.6. The number of esters is 1. The van der Waals surface area contributed by atoms with Crippen molar-refractivity contribution in [2.75, 3.05) is 56.6 Å². The standard InChI is InChI=1S/C33H34Cl2F5N3O7S/c1-51(45,46)43(9-8-42-10-12-47-13-11-42)22-5-6-23(25(15-22)33(38,39)40)31(44)49-29(16-24-26(34)17-41-18-27(24)35)21-4-7-28(50-32(36)37)30(14-21)48-19-20-2-3-20/h4-7,14-15,17-18,20,29,32H,2-3,8-13,16,19H2,1H3/p+1/t29-/m0/s1. The van der Waals surface area contributed by atoms with Gasteiger partial charge in [0.25, 0.3) is 0 Å². The van der Waals surface area contributed by atoms with E-state index >= 15 is 0 Å². The van der Waals surface area contributed by atoms with Gasteiger partial charge >= 0.3 is 18.8 Å². The average molecular weight is 784 g/mol. The molecule has 0 amide bonds. The van der Waals surface area contributed by atoms with Crippen LogP contribution in [0.2, 0.25) is 10.0 Å². The summed E-state index contributed by atoms with van der Waals surface area (Å²) < 4.78 is 118. The molecule has 0 spiro atoms. The molecule has 278 valence electrons. The summed E-state index contributed by atoms with van der Waals surface area (Å²) in [6.07, 6.45) is -1.24. The summed E-state index contributed by atoms with van der Waals surface area (Å²) in [7, 11) is -4.04. The largest absolute Gasteiger partial charge is 0.489 e. The SMILES string of the molecule is CS(=O)(=O)N(CCN1CCOCC1)c1ccc(C(=O)O[C@@H](Cc2c(Cl)c[nH+]cc2Cl)c2ccc(OC(F)F)c(OCC3CC3)c2)c(C(F)(F)F)c1. The lowest BCUT2D eigenvalue weighted by molar-refractivity contribution is -0.377. The molecule has 2 aromatic carbocycles. The molecular formula is C33H35Cl2F5N3O7S+. The second-order valence-electron chi connectivity index (χ2n) is 12.1. The van der Waals surface area contributed by atoms with Gasteiger partial charge in [-0.3, -0.25) is 9.21 Å². The Hall–Kier alpha value is -3.44. The average Bonchev–Trinajstić information content (AvgIpc) is 3.89. The molecule has 1 aromatic heterocycles. The van der Waals surface area contributed by atoms with Gasteiger partial charge in [-0.2, -0.15) is 22.0 Å². The van der Waals surface area contributed by atoms with Gasteiger partial charge in [-0.05, 0) is 54.7 Å². The van der Waals surface area contributed by atoms with E-state index in [-0.39, 0.29) is 70.4 Å². The fourth-order valence-corrected chi connectivity index (χ4v) is 6.89. The zero-order valence-corrected chi connectivity index (χ0v) is 29.6. The van der Waals surface area contributed by atoms with Crippen molar-refractivity contribution in [2.45, 2.75) is 38.2 Å². The number of aromatic nitrogens is 1. The maximum Gasteiger partial charge on any atom is 0.417 e. The number of carbonyl (C=O) groups is 1. The minimum Gasteiger partial charge on any atom is -0.489 e. The van der Waals surface area contributed by atoms with E-state index in [1.54, 1.807) is 0 Å². The first kappa shape index (κ1) is 38.8. The van der Waals surface area contributed by atoms with Gasteiger partial charge in [0.2, 0.25) is 10.0 Å². The molecule has 1 atom stereocenters. The molecule has 1 saturated heterocycles. The molecule has 2 heterocycles. The van der Waals surface area contributed by atoms with Crippen LogP contribution in [0.3, 0.4) is 0 Å². The molecule has 0 unspecified atom stereocenters. The summed E-state index contributed by atoms with van der Waals surface area (Å²) in [5, 5.41) is 0.259. The maximum atomic E-state index is 14.6. The lowest BCUT2D eigenvalue weighted by atomic mass is 10.0. The van der Waals surface area contributed by atoms with Gasteiger partial charge in [0.05, 0.1) is 42.9 Å². The first-order valence-electron chi connectivity index (χ1n) is 15.9. The summed E-state index contributed by atoms with van der Waals surface area (Å²) in [6.45, 7) is -0.925. The van der Waals surface area contributed by atoms with Crippen molar-refractivity contribution in [3.8, 4) is 11.5 Å². The van der Waals surface area contributed by atoms with E-state index in [1.165, 1.54) is 30.6 Å². The molecular weight excluding hydrogens is 748 g/mol. The minimum absolute atomic E-state index is 0.0855. The zero-order valence-electron chi connectivity index (χ0n) is 27.2. The topological polar surface area (TPSA) is 109 Å². The molecule has 1 aliphatic heterocycles. The third-order valence-electron chi connectivity index (χ3n) is 8.30. The Morgan fingerprint density at radius 1 is 1.06 bits per heavy atom. The number of morpholine rings is 1. The summed E-state index contributed by atoms with van der Waals surface area (Å²) in [6, 6.07) is 6.34. The first-order valence-corrected chi connectivity index (χ1v) is 18.5. The quantitative estimate of drug-likeness (QED) is 0.128. The molecule has 1 aliphatic carbocycles. The normalized spacial score (nSPS) is 16.2. The number of hydrogen-bond acceptors (Lipinski definition) is 8. The summed E-state index contributed by atoms with van der Waals surface area (Å²) in [5.41, 5.74) is -2.18. The van der Waals surface area contributed by atoms with Crippen LogP contribution in [-0.2, 0) is 32.1 Å². The lowest BCUT2D eigenvalue weighted by Crippen LogP contribution is -2.43. The first-order chi connectivity index (χ1) is 24.1. The molecule has 5 rings (SSSR count). The molecule has 0 radical (unpaired) electrons. The van der Waals surface area contributed by atoms with E-state index < -0.39 is 46.0 Å². The molecule has 1 saturated carbocycles. The predicted molar refractivity (Wildman–Crippen MR) is 177 cm³/mol. The lowest BCUT2D eigenvalue weighted by Gasteiger charge is -2.30. The van der Waals surface area contributed by atoms with E-state index in [9.17, 15) is 35.2 Å². The van der Waals surface area contributed by atoms with Gasteiger partial charge in [0, 0.05) is 38.2 Å². The van der Waals surface area contributed by atoms with Gasteiger partial charge in [-0.25, -0.2) is 18.2 Å². The van der Waals surface area contributed by atoms with Crippen LogP contribution >= 0.6 is 23.2 Å². The van der Waals surface area contributed by atoms with Crippen molar-refractivity contribution in [2.24, 2.45) is 5.92 Å². The van der Waals surface area contributed by atoms with Crippen LogP contribution in [0.5, 0.6) is 11.5 Å². The fourth-order valence-electron chi connectivity index (χ4n) is 5.44. The van der Waals surface area contributed by atoms with Crippen molar-refractivity contribution in [3.63, 3.8) is 0 Å². The summed E-state index contributed by atoms with van der Waals surface area (Å²) >= 11 is 12.7. The highest BCUT2D eigenvalue weighted by molar-refractivity contribution is 7.92. The number of ether oxygens (including phenoxy) is 4. The number of carbonyl (C=O) groups excluding carboxylic acids is 1. The van der Waals surface area contributed by atoms with Gasteiger partial charge in [0.15, 0.2) is 23.9 Å². The smallest absolute Gasteiger partial charge is 0.417 e. The highest BCUT2D eigenvalue weighted by Gasteiger charge is 2.38. The summed E-state index contributed by atoms with van der Waals surface area (Å²) in [5.74, 6) is -1.55. The third kappa shape index (κ3) is 10.6. The van der Waals surface area contributed by atoms with Crippen LogP contribution in [0.4, 0.5) is 27.6 Å². The Morgan fingerprint density at radius 2 is 1.75 bits per heavy atom. The molecule has 1 N–H and O–H groups in total. The second-order valence-corrected chi connectivity index (χ2v) is 14.8. The number of H-pyrrole nitrogens is 1. The van der Waals surface area contributed by atoms with Crippen LogP contribution in [-0.4, -0.2) is 78.2 Å². The Morgan fingerprint density at radius 3 is 2.35 bits per heavy atom. The van der Waals surface area contributed by atoms with Crippen LogP contribution in [0.1, 0.15) is 46.0 Å². The minimum atomic E-state index is -5.10. The zero-order chi connectivity index (χ0) is 36.9. The van der Waals surface area contributed by atoms with Gasteiger partial charge < -0.3 is 18.9 Å². The van der Waals surface area contributed by atoms with E-state index in [0.29, 0.717) is 32.4 Å². The van der Waals surface area contributed by atoms with Crippen molar-refractivity contribution < 1.29 is 59.1 Å². The number of aromatic amines is 1. The number of pyridine rings is 1. The number of sulfonamides is 1. The highest BCUT2D eigenvalue weighted by Crippen LogP contribution is 2.40. The molecule has 2 aliphatic rings. The number of hydrogen-bond donors (Lipinski definition) is 0. The van der Waals surface area contributed by atoms with Crippen LogP contribution in [0, 0.1) is 5.92 Å². The summed E-state index contributed by atoms with van der Waals surface area (Å²) in [4.78, 5) is 18.3. The van der Waals surface area contributed by atoms with Gasteiger partial charge in [0.1, 0.15) is 16.1 Å². The number of benzene rings is 2.